The minimum Gasteiger partial charge on any atom is -0.495 e. The SMILES string of the molecule is COc1ccc(C)cc1Nc1cc(C(=O)Nc2ccc(C(C)=O)cc2)ccn1. The van der Waals surface area contributed by atoms with E-state index in [4.69, 9.17) is 4.74 Å². The first-order chi connectivity index (χ1) is 13.5. The Labute approximate surface area is 163 Å². The van der Waals surface area contributed by atoms with E-state index in [9.17, 15) is 9.59 Å². The number of benzene rings is 2. The molecule has 1 amide bonds. The summed E-state index contributed by atoms with van der Waals surface area (Å²) in [4.78, 5) is 28.2. The molecular formula is C22H21N3O3. The van der Waals surface area contributed by atoms with Crippen molar-refractivity contribution in [3.8, 4) is 5.75 Å². The number of ether oxygens (including phenoxy) is 1. The number of pyridine rings is 1. The fourth-order valence-corrected chi connectivity index (χ4v) is 2.69. The van der Waals surface area contributed by atoms with E-state index in [1.165, 1.54) is 6.92 Å². The Balaban J connectivity index is 1.76. The molecule has 0 bridgehead atoms. The largest absolute Gasteiger partial charge is 0.495 e. The van der Waals surface area contributed by atoms with Crippen LogP contribution in [0.5, 0.6) is 5.75 Å². The summed E-state index contributed by atoms with van der Waals surface area (Å²) in [6.07, 6.45) is 1.57. The molecule has 6 heteroatoms. The van der Waals surface area contributed by atoms with E-state index in [-0.39, 0.29) is 11.7 Å². The van der Waals surface area contributed by atoms with Crippen LogP contribution in [0.4, 0.5) is 17.2 Å². The molecule has 0 aliphatic rings. The highest BCUT2D eigenvalue weighted by Crippen LogP contribution is 2.28. The maximum Gasteiger partial charge on any atom is 0.255 e. The van der Waals surface area contributed by atoms with Crippen molar-refractivity contribution in [3.63, 3.8) is 0 Å². The van der Waals surface area contributed by atoms with E-state index in [1.54, 1.807) is 49.7 Å². The standard InChI is InChI=1S/C22H21N3O3/c1-14-4-9-20(28-3)19(12-14)25-21-13-17(10-11-23-21)22(27)24-18-7-5-16(6-8-18)15(2)26/h4-13H,1-3H3,(H,23,25)(H,24,27). The molecular weight excluding hydrogens is 354 g/mol. The van der Waals surface area contributed by atoms with Gasteiger partial charge in [0.1, 0.15) is 11.6 Å². The monoisotopic (exact) mass is 375 g/mol. The first-order valence-electron chi connectivity index (χ1n) is 8.76. The van der Waals surface area contributed by atoms with Crippen molar-refractivity contribution < 1.29 is 14.3 Å². The van der Waals surface area contributed by atoms with E-state index < -0.39 is 0 Å². The number of carbonyl (C=O) groups is 2. The Morgan fingerprint density at radius 2 is 1.71 bits per heavy atom. The van der Waals surface area contributed by atoms with E-state index in [2.05, 4.69) is 15.6 Å². The third kappa shape index (κ3) is 4.54. The second-order valence-corrected chi connectivity index (χ2v) is 6.35. The van der Waals surface area contributed by atoms with E-state index >= 15 is 0 Å². The number of carbonyl (C=O) groups excluding carboxylic acids is 2. The highest BCUT2D eigenvalue weighted by atomic mass is 16.5. The van der Waals surface area contributed by atoms with Crippen molar-refractivity contribution in [2.24, 2.45) is 0 Å². The van der Waals surface area contributed by atoms with Gasteiger partial charge >= 0.3 is 0 Å². The van der Waals surface area contributed by atoms with Gasteiger partial charge in [-0.3, -0.25) is 9.59 Å². The number of nitrogens with zero attached hydrogens (tertiary/aromatic N) is 1. The number of Topliss-reactive ketones (excluding diaryl/α,β-unsaturated/α-hetero) is 1. The van der Waals surface area contributed by atoms with Crippen LogP contribution < -0.4 is 15.4 Å². The molecule has 0 saturated carbocycles. The Hall–Kier alpha value is -3.67. The Bertz CT molecular complexity index is 1010. The number of hydrogen-bond acceptors (Lipinski definition) is 5. The summed E-state index contributed by atoms with van der Waals surface area (Å²) in [6.45, 7) is 3.49. The van der Waals surface area contributed by atoms with Crippen molar-refractivity contribution in [2.45, 2.75) is 13.8 Å². The van der Waals surface area contributed by atoms with Crippen LogP contribution in [0, 0.1) is 6.92 Å². The molecule has 0 radical (unpaired) electrons. The molecule has 28 heavy (non-hydrogen) atoms. The molecule has 0 fully saturated rings. The molecule has 3 rings (SSSR count). The summed E-state index contributed by atoms with van der Waals surface area (Å²) in [5, 5.41) is 6.01. The number of methoxy groups -OCH3 is 1. The average Bonchev–Trinajstić information content (AvgIpc) is 2.69. The maximum atomic E-state index is 12.6. The minimum absolute atomic E-state index is 0.0192. The summed E-state index contributed by atoms with van der Waals surface area (Å²) >= 11 is 0. The third-order valence-corrected chi connectivity index (χ3v) is 4.19. The van der Waals surface area contributed by atoms with Crippen molar-refractivity contribution in [1.29, 1.82) is 0 Å². The van der Waals surface area contributed by atoms with E-state index in [1.807, 2.05) is 25.1 Å². The highest BCUT2D eigenvalue weighted by molar-refractivity contribution is 6.05. The fraction of sp³-hybridized carbons (Fsp3) is 0.136. The molecule has 1 heterocycles. The van der Waals surface area contributed by atoms with Gasteiger partial charge in [-0.1, -0.05) is 6.07 Å². The van der Waals surface area contributed by atoms with Crippen LogP contribution >= 0.6 is 0 Å². The van der Waals surface area contributed by atoms with Crippen LogP contribution in [-0.4, -0.2) is 23.8 Å². The van der Waals surface area contributed by atoms with E-state index in [0.717, 1.165) is 11.3 Å². The summed E-state index contributed by atoms with van der Waals surface area (Å²) < 4.78 is 5.36. The topological polar surface area (TPSA) is 80.3 Å². The first kappa shape index (κ1) is 19.1. The normalized spacial score (nSPS) is 10.2. The van der Waals surface area contributed by atoms with Gasteiger partial charge in [-0.2, -0.15) is 0 Å². The number of hydrogen-bond donors (Lipinski definition) is 2. The van der Waals surface area contributed by atoms with Gasteiger partial charge in [-0.15, -0.1) is 0 Å². The van der Waals surface area contributed by atoms with Crippen molar-refractivity contribution in [2.75, 3.05) is 17.7 Å². The second-order valence-electron chi connectivity index (χ2n) is 6.35. The smallest absolute Gasteiger partial charge is 0.255 e. The molecule has 0 aliphatic carbocycles. The summed E-state index contributed by atoms with van der Waals surface area (Å²) in [5.41, 5.74) is 3.51. The van der Waals surface area contributed by atoms with Gasteiger partial charge in [0.15, 0.2) is 5.78 Å². The zero-order valence-electron chi connectivity index (χ0n) is 15.9. The number of aromatic nitrogens is 1. The van der Waals surface area contributed by atoms with Gasteiger partial charge in [0.2, 0.25) is 0 Å². The lowest BCUT2D eigenvalue weighted by atomic mass is 10.1. The average molecular weight is 375 g/mol. The number of aryl methyl sites for hydroxylation is 1. The lowest BCUT2D eigenvalue weighted by Crippen LogP contribution is -2.12. The Morgan fingerprint density at radius 3 is 2.39 bits per heavy atom. The van der Waals surface area contributed by atoms with Crippen LogP contribution in [-0.2, 0) is 0 Å². The number of ketones is 1. The number of amides is 1. The van der Waals surface area contributed by atoms with Crippen molar-refractivity contribution >= 4 is 28.9 Å². The molecule has 3 aromatic rings. The molecule has 6 nitrogen and oxygen atoms in total. The molecule has 0 saturated heterocycles. The second kappa shape index (κ2) is 8.35. The molecule has 0 atom stereocenters. The maximum absolute atomic E-state index is 12.6. The predicted octanol–water partition coefficient (Wildman–Crippen LogP) is 4.60. The zero-order chi connectivity index (χ0) is 20.1. The molecule has 0 aliphatic heterocycles. The molecule has 0 spiro atoms. The molecule has 2 aromatic carbocycles. The van der Waals surface area contributed by atoms with Gasteiger partial charge < -0.3 is 15.4 Å². The lowest BCUT2D eigenvalue weighted by molar-refractivity contribution is 0.101. The first-order valence-corrected chi connectivity index (χ1v) is 8.76. The molecule has 142 valence electrons. The quantitative estimate of drug-likeness (QED) is 0.616. The van der Waals surface area contributed by atoms with Gasteiger partial charge in [0.25, 0.3) is 5.91 Å². The van der Waals surface area contributed by atoms with Gasteiger partial charge in [0, 0.05) is 23.0 Å². The summed E-state index contributed by atoms with van der Waals surface area (Å²) in [6, 6.07) is 15.8. The van der Waals surface area contributed by atoms with Crippen LogP contribution in [0.2, 0.25) is 0 Å². The predicted molar refractivity (Wildman–Crippen MR) is 110 cm³/mol. The fourth-order valence-electron chi connectivity index (χ4n) is 2.69. The van der Waals surface area contributed by atoms with Crippen LogP contribution in [0.25, 0.3) is 0 Å². The van der Waals surface area contributed by atoms with Gasteiger partial charge in [-0.25, -0.2) is 4.98 Å². The number of anilines is 3. The lowest BCUT2D eigenvalue weighted by Gasteiger charge is -2.12. The van der Waals surface area contributed by atoms with Gasteiger partial charge in [-0.05, 0) is 67.9 Å². The summed E-state index contributed by atoms with van der Waals surface area (Å²) in [7, 11) is 1.60. The molecule has 2 N–H and O–H groups in total. The van der Waals surface area contributed by atoms with Crippen molar-refractivity contribution in [3.05, 3.63) is 77.5 Å². The van der Waals surface area contributed by atoms with Gasteiger partial charge in [0.05, 0.1) is 12.8 Å². The van der Waals surface area contributed by atoms with E-state index in [0.29, 0.717) is 28.4 Å². The van der Waals surface area contributed by atoms with Crippen LogP contribution in [0.15, 0.2) is 60.8 Å². The third-order valence-electron chi connectivity index (χ3n) is 4.19. The minimum atomic E-state index is -0.266. The Kier molecular flexibility index (Phi) is 5.69. The number of nitrogens with one attached hydrogen (secondary N) is 2. The van der Waals surface area contributed by atoms with Crippen LogP contribution in [0.1, 0.15) is 33.2 Å². The number of rotatable bonds is 6. The Morgan fingerprint density at radius 1 is 0.964 bits per heavy atom. The molecule has 1 aromatic heterocycles. The zero-order valence-corrected chi connectivity index (χ0v) is 15.9. The molecule has 0 unspecified atom stereocenters. The van der Waals surface area contributed by atoms with Crippen LogP contribution in [0.3, 0.4) is 0 Å². The van der Waals surface area contributed by atoms with Crippen molar-refractivity contribution in [1.82, 2.24) is 4.98 Å². The summed E-state index contributed by atoms with van der Waals surface area (Å²) in [5.74, 6) is 0.933. The highest BCUT2D eigenvalue weighted by Gasteiger charge is 2.10.